The van der Waals surface area contributed by atoms with Gasteiger partial charge in [-0.05, 0) is 37.8 Å². The van der Waals surface area contributed by atoms with E-state index in [1.165, 1.54) is 7.05 Å². The van der Waals surface area contributed by atoms with Crippen LogP contribution in [0.5, 0.6) is 0 Å². The van der Waals surface area contributed by atoms with Crippen LogP contribution in [-0.2, 0) is 16.6 Å². The molecule has 0 bridgehead atoms. The van der Waals surface area contributed by atoms with Gasteiger partial charge in [0.05, 0.1) is 0 Å². The summed E-state index contributed by atoms with van der Waals surface area (Å²) in [4.78, 5) is -0.503. The largest absolute Gasteiger partial charge is 0.315 e. The molecule has 1 heterocycles. The highest BCUT2D eigenvalue weighted by Crippen LogP contribution is 2.26. The molecule has 0 spiro atoms. The van der Waals surface area contributed by atoms with Gasteiger partial charge in [-0.25, -0.2) is 21.9 Å². The molecule has 4 nitrogen and oxygen atoms in total. The van der Waals surface area contributed by atoms with Gasteiger partial charge in [0.1, 0.15) is 10.7 Å². The molecule has 1 aliphatic rings. The van der Waals surface area contributed by atoms with Crippen molar-refractivity contribution in [2.45, 2.75) is 29.5 Å². The Morgan fingerprint density at radius 3 is 2.76 bits per heavy atom. The molecule has 0 amide bonds. The average Bonchev–Trinajstić information content (AvgIpc) is 2.94. The third-order valence-electron chi connectivity index (χ3n) is 3.32. The van der Waals surface area contributed by atoms with Crippen LogP contribution in [0.3, 0.4) is 0 Å². The van der Waals surface area contributed by atoms with Gasteiger partial charge in [-0.2, -0.15) is 11.8 Å². The Morgan fingerprint density at radius 2 is 2.14 bits per heavy atom. The molecular weight excluding hydrogens is 318 g/mol. The molecule has 0 saturated carbocycles. The summed E-state index contributed by atoms with van der Waals surface area (Å²) in [6.45, 7) is 0.199. The maximum absolute atomic E-state index is 14.2. The van der Waals surface area contributed by atoms with Crippen LogP contribution in [0.2, 0.25) is 0 Å². The number of benzene rings is 1. The van der Waals surface area contributed by atoms with Crippen molar-refractivity contribution in [3.05, 3.63) is 29.3 Å². The van der Waals surface area contributed by atoms with E-state index in [-0.39, 0.29) is 23.9 Å². The van der Waals surface area contributed by atoms with Gasteiger partial charge in [0.2, 0.25) is 10.0 Å². The van der Waals surface area contributed by atoms with Crippen LogP contribution in [0.1, 0.15) is 18.4 Å². The Balaban J connectivity index is 2.20. The van der Waals surface area contributed by atoms with Crippen LogP contribution >= 0.6 is 11.8 Å². The van der Waals surface area contributed by atoms with Crippen LogP contribution in [0.25, 0.3) is 0 Å². The summed E-state index contributed by atoms with van der Waals surface area (Å²) in [6, 6.07) is 1.95. The van der Waals surface area contributed by atoms with Gasteiger partial charge in [-0.1, -0.05) is 0 Å². The average molecular weight is 336 g/mol. The van der Waals surface area contributed by atoms with Crippen molar-refractivity contribution in [3.63, 3.8) is 0 Å². The minimum atomic E-state index is -3.97. The van der Waals surface area contributed by atoms with Crippen molar-refractivity contribution in [2.75, 3.05) is 19.3 Å². The minimum absolute atomic E-state index is 0.0699. The van der Waals surface area contributed by atoms with Gasteiger partial charge in [0, 0.05) is 23.9 Å². The molecule has 8 heteroatoms. The van der Waals surface area contributed by atoms with E-state index >= 15 is 0 Å². The SMILES string of the molecule is CNCc1c(F)ccc(S(=O)(=O)NCC2CCCS2)c1F. The quantitative estimate of drug-likeness (QED) is 0.832. The van der Waals surface area contributed by atoms with E-state index in [1.54, 1.807) is 11.8 Å². The molecule has 0 aromatic heterocycles. The lowest BCUT2D eigenvalue weighted by atomic mass is 10.2. The van der Waals surface area contributed by atoms with Crippen molar-refractivity contribution in [3.8, 4) is 0 Å². The Bertz CT molecular complexity index is 602. The number of sulfonamides is 1. The molecular formula is C13H18F2N2O2S2. The molecule has 21 heavy (non-hydrogen) atoms. The zero-order valence-corrected chi connectivity index (χ0v) is 13.3. The minimum Gasteiger partial charge on any atom is -0.315 e. The first kappa shape index (κ1) is 16.7. The first-order valence-electron chi connectivity index (χ1n) is 6.68. The summed E-state index contributed by atoms with van der Waals surface area (Å²) in [7, 11) is -2.43. The molecule has 118 valence electrons. The molecule has 1 fully saturated rings. The fourth-order valence-corrected chi connectivity index (χ4v) is 4.70. The highest BCUT2D eigenvalue weighted by Gasteiger charge is 2.25. The Morgan fingerprint density at radius 1 is 1.38 bits per heavy atom. The maximum atomic E-state index is 14.2. The highest BCUT2D eigenvalue weighted by atomic mass is 32.2. The van der Waals surface area contributed by atoms with Crippen LogP contribution in [0, 0.1) is 11.6 Å². The van der Waals surface area contributed by atoms with E-state index in [0.29, 0.717) is 0 Å². The summed E-state index contributed by atoms with van der Waals surface area (Å²) >= 11 is 1.71. The van der Waals surface area contributed by atoms with E-state index in [0.717, 1.165) is 30.7 Å². The molecule has 1 aliphatic heterocycles. The second-order valence-corrected chi connectivity index (χ2v) is 8.00. The number of nitrogens with one attached hydrogen (secondary N) is 2. The fourth-order valence-electron chi connectivity index (χ4n) is 2.21. The van der Waals surface area contributed by atoms with E-state index in [9.17, 15) is 17.2 Å². The van der Waals surface area contributed by atoms with Gasteiger partial charge in [-0.15, -0.1) is 0 Å². The number of rotatable bonds is 6. The van der Waals surface area contributed by atoms with Crippen LogP contribution in [-0.4, -0.2) is 33.0 Å². The van der Waals surface area contributed by atoms with Gasteiger partial charge in [0.25, 0.3) is 0 Å². The zero-order chi connectivity index (χ0) is 15.5. The summed E-state index contributed by atoms with van der Waals surface area (Å²) in [5.41, 5.74) is -0.268. The van der Waals surface area contributed by atoms with Crippen LogP contribution in [0.15, 0.2) is 17.0 Å². The van der Waals surface area contributed by atoms with Gasteiger partial charge >= 0.3 is 0 Å². The third-order valence-corrected chi connectivity index (χ3v) is 6.16. The Kier molecular flexibility index (Phi) is 5.59. The lowest BCUT2D eigenvalue weighted by molar-refractivity contribution is 0.517. The first-order valence-corrected chi connectivity index (χ1v) is 9.21. The van der Waals surface area contributed by atoms with Crippen molar-refractivity contribution >= 4 is 21.8 Å². The molecule has 1 unspecified atom stereocenters. The van der Waals surface area contributed by atoms with E-state index in [1.807, 2.05) is 0 Å². The zero-order valence-electron chi connectivity index (χ0n) is 11.7. The molecule has 1 aromatic carbocycles. The van der Waals surface area contributed by atoms with E-state index < -0.39 is 26.6 Å². The third kappa shape index (κ3) is 3.94. The number of hydrogen-bond acceptors (Lipinski definition) is 4. The highest BCUT2D eigenvalue weighted by molar-refractivity contribution is 8.00. The van der Waals surface area contributed by atoms with Gasteiger partial charge in [-0.3, -0.25) is 0 Å². The predicted octanol–water partition coefficient (Wildman–Crippen LogP) is 1.86. The van der Waals surface area contributed by atoms with Crippen LogP contribution in [0.4, 0.5) is 8.78 Å². The van der Waals surface area contributed by atoms with E-state index in [2.05, 4.69) is 10.0 Å². The summed E-state index contributed by atoms with van der Waals surface area (Å²) in [5.74, 6) is -0.771. The van der Waals surface area contributed by atoms with E-state index in [4.69, 9.17) is 0 Å². The number of thioether (sulfide) groups is 1. The second kappa shape index (κ2) is 7.04. The maximum Gasteiger partial charge on any atom is 0.243 e. The summed E-state index contributed by atoms with van der Waals surface area (Å²) in [6.07, 6.45) is 2.01. The first-order chi connectivity index (χ1) is 9.95. The smallest absolute Gasteiger partial charge is 0.243 e. The topological polar surface area (TPSA) is 58.2 Å². The van der Waals surface area contributed by atoms with Crippen molar-refractivity contribution < 1.29 is 17.2 Å². The predicted molar refractivity (Wildman–Crippen MR) is 79.8 cm³/mol. The molecule has 2 rings (SSSR count). The molecule has 1 saturated heterocycles. The molecule has 1 aromatic rings. The van der Waals surface area contributed by atoms with Crippen molar-refractivity contribution in [1.82, 2.24) is 10.0 Å². The lowest BCUT2D eigenvalue weighted by Gasteiger charge is -2.13. The summed E-state index contributed by atoms with van der Waals surface area (Å²) < 4.78 is 54.5. The normalized spacial score (nSPS) is 19.1. The molecule has 0 radical (unpaired) electrons. The number of hydrogen-bond donors (Lipinski definition) is 2. The molecule has 2 N–H and O–H groups in total. The number of halogens is 2. The molecule has 1 atom stereocenters. The standard InChI is InChI=1S/C13H18F2N2O2S2/c1-16-8-10-11(14)4-5-12(13(10)15)21(18,19)17-7-9-3-2-6-20-9/h4-5,9,16-17H,2-3,6-8H2,1H3. The fraction of sp³-hybridized carbons (Fsp3) is 0.538. The Hall–Kier alpha value is -0.700. The molecule has 0 aliphatic carbocycles. The Labute approximate surface area is 127 Å². The van der Waals surface area contributed by atoms with Crippen molar-refractivity contribution in [2.24, 2.45) is 0 Å². The second-order valence-electron chi connectivity index (χ2n) is 4.86. The summed E-state index contributed by atoms with van der Waals surface area (Å²) in [5, 5.41) is 2.84. The van der Waals surface area contributed by atoms with Gasteiger partial charge < -0.3 is 5.32 Å². The van der Waals surface area contributed by atoms with Gasteiger partial charge in [0.15, 0.2) is 5.82 Å². The van der Waals surface area contributed by atoms with Crippen molar-refractivity contribution in [1.29, 1.82) is 0 Å². The monoisotopic (exact) mass is 336 g/mol. The van der Waals surface area contributed by atoms with Crippen LogP contribution < -0.4 is 10.0 Å². The lowest BCUT2D eigenvalue weighted by Crippen LogP contribution is -2.31.